The molecule has 1 fully saturated rings. The fourth-order valence-corrected chi connectivity index (χ4v) is 2.92. The first-order chi connectivity index (χ1) is 11.7. The van der Waals surface area contributed by atoms with E-state index in [1.54, 1.807) is 23.5 Å². The number of carbonyl (C=O) groups is 1. The Hall–Kier alpha value is -1.35. The average Bonchev–Trinajstić information content (AvgIpc) is 3.17. The third kappa shape index (κ3) is 6.81. The highest BCUT2D eigenvalue weighted by Crippen LogP contribution is 2.23. The third-order valence-electron chi connectivity index (χ3n) is 3.46. The maximum absolute atomic E-state index is 12.1. The number of halogens is 2. The Morgan fingerprint density at radius 2 is 2.08 bits per heavy atom. The predicted molar refractivity (Wildman–Crippen MR) is 102 cm³/mol. The van der Waals surface area contributed by atoms with Crippen molar-refractivity contribution in [2.45, 2.75) is 45.3 Å². The zero-order chi connectivity index (χ0) is 18.4. The van der Waals surface area contributed by atoms with Crippen LogP contribution in [0.4, 0.5) is 4.79 Å². The highest BCUT2D eigenvalue weighted by Gasteiger charge is 2.28. The molecular weight excluding hydrogens is 454 g/mol. The number of piperidine rings is 1. The summed E-state index contributed by atoms with van der Waals surface area (Å²) in [5.41, 5.74) is -0.446. The van der Waals surface area contributed by atoms with Gasteiger partial charge in [-0.15, -0.1) is 0 Å². The molecule has 3 rings (SSSR count). The van der Waals surface area contributed by atoms with Gasteiger partial charge in [0.15, 0.2) is 0 Å². The van der Waals surface area contributed by atoms with Gasteiger partial charge in [-0.3, -0.25) is 9.78 Å². The number of likely N-dealkylation sites (tertiary alicyclic amines) is 1. The molecule has 1 saturated heterocycles. The van der Waals surface area contributed by atoms with E-state index in [-0.39, 0.29) is 12.1 Å². The van der Waals surface area contributed by atoms with Crippen molar-refractivity contribution in [1.29, 1.82) is 0 Å². The molecule has 7 nitrogen and oxygen atoms in total. The molecule has 0 spiro atoms. The third-order valence-corrected chi connectivity index (χ3v) is 4.30. The van der Waals surface area contributed by atoms with Crippen LogP contribution in [0.1, 0.15) is 39.7 Å². The molecule has 1 aliphatic rings. The molecule has 1 atom stereocenters. The lowest BCUT2D eigenvalue weighted by Crippen LogP contribution is -2.43. The lowest BCUT2D eigenvalue weighted by atomic mass is 10.1. The number of nitrogens with one attached hydrogen (secondary N) is 1. The molecule has 0 aromatic carbocycles. The van der Waals surface area contributed by atoms with Crippen molar-refractivity contribution in [3.8, 4) is 0 Å². The summed E-state index contributed by atoms with van der Waals surface area (Å²) in [7, 11) is 0. The topological polar surface area (TPSA) is 76.0 Å². The summed E-state index contributed by atoms with van der Waals surface area (Å²) in [6, 6.07) is 0.229. The van der Waals surface area contributed by atoms with E-state index in [1.807, 2.05) is 31.6 Å². The monoisotopic (exact) mass is 475 g/mol. The van der Waals surface area contributed by atoms with Crippen molar-refractivity contribution in [3.63, 3.8) is 0 Å². The van der Waals surface area contributed by atoms with Crippen molar-refractivity contribution in [3.05, 3.63) is 33.7 Å². The average molecular weight is 477 g/mol. The summed E-state index contributed by atoms with van der Waals surface area (Å²) in [4.78, 5) is 13.8. The van der Waals surface area contributed by atoms with Crippen LogP contribution in [0.25, 0.3) is 0 Å². The summed E-state index contributed by atoms with van der Waals surface area (Å²) in [5, 5.41) is 10.6. The number of H-pyrrole nitrogens is 1. The number of ether oxygens (including phenoxy) is 1. The normalized spacial score (nSPS) is 17.6. The van der Waals surface area contributed by atoms with Crippen LogP contribution in [-0.2, 0) is 4.74 Å². The molecule has 0 bridgehead atoms. The first kappa shape index (κ1) is 20.0. The molecule has 25 heavy (non-hydrogen) atoms. The molecule has 1 aliphatic heterocycles. The van der Waals surface area contributed by atoms with E-state index in [0.717, 1.165) is 28.3 Å². The Balaban J connectivity index is 0.000000316. The van der Waals surface area contributed by atoms with Gasteiger partial charge in [0.2, 0.25) is 0 Å². The molecular formula is C16H23Br2N5O2. The molecule has 1 unspecified atom stereocenters. The van der Waals surface area contributed by atoms with Gasteiger partial charge >= 0.3 is 6.09 Å². The van der Waals surface area contributed by atoms with Gasteiger partial charge < -0.3 is 9.64 Å². The van der Waals surface area contributed by atoms with Gasteiger partial charge in [-0.1, -0.05) is 0 Å². The van der Waals surface area contributed by atoms with Crippen molar-refractivity contribution < 1.29 is 9.53 Å². The van der Waals surface area contributed by atoms with Crippen LogP contribution in [0, 0.1) is 0 Å². The van der Waals surface area contributed by atoms with Gasteiger partial charge in [0.25, 0.3) is 0 Å². The first-order valence-electron chi connectivity index (χ1n) is 8.06. The number of nitrogens with zero attached hydrogens (tertiary/aromatic N) is 4. The second kappa shape index (κ2) is 8.84. The maximum atomic E-state index is 12.1. The quantitative estimate of drug-likeness (QED) is 0.662. The molecule has 0 aliphatic carbocycles. The van der Waals surface area contributed by atoms with Crippen LogP contribution >= 0.6 is 31.9 Å². The Labute approximate surface area is 164 Å². The maximum Gasteiger partial charge on any atom is 0.410 e. The van der Waals surface area contributed by atoms with Crippen LogP contribution in [-0.4, -0.2) is 49.7 Å². The van der Waals surface area contributed by atoms with Crippen LogP contribution in [0.2, 0.25) is 0 Å². The number of hydrogen-bond donors (Lipinski definition) is 1. The van der Waals surface area contributed by atoms with Crippen LogP contribution < -0.4 is 0 Å². The Bertz CT molecular complexity index is 666. The second-order valence-electron chi connectivity index (χ2n) is 6.78. The summed E-state index contributed by atoms with van der Waals surface area (Å²) < 4.78 is 9.28. The Kier molecular flexibility index (Phi) is 7.06. The van der Waals surface area contributed by atoms with Gasteiger partial charge in [-0.25, -0.2) is 4.79 Å². The number of rotatable bonds is 1. The van der Waals surface area contributed by atoms with Gasteiger partial charge in [0.05, 0.1) is 27.4 Å². The highest BCUT2D eigenvalue weighted by molar-refractivity contribution is 9.10. The lowest BCUT2D eigenvalue weighted by molar-refractivity contribution is 0.0167. The minimum Gasteiger partial charge on any atom is -0.444 e. The van der Waals surface area contributed by atoms with Gasteiger partial charge in [0, 0.05) is 25.5 Å². The zero-order valence-corrected chi connectivity index (χ0v) is 17.7. The SMILES string of the molecule is Brc1cn[nH]c1.CC(C)(C)OC(=O)N1CCCC(n2cc(Br)cn2)C1. The fourth-order valence-electron chi connectivity index (χ4n) is 2.41. The fraction of sp³-hybridized carbons (Fsp3) is 0.562. The van der Waals surface area contributed by atoms with Crippen molar-refractivity contribution in [2.75, 3.05) is 13.1 Å². The highest BCUT2D eigenvalue weighted by atomic mass is 79.9. The van der Waals surface area contributed by atoms with Crippen LogP contribution in [0.15, 0.2) is 33.7 Å². The zero-order valence-electron chi connectivity index (χ0n) is 14.6. The molecule has 9 heteroatoms. The number of hydrogen-bond acceptors (Lipinski definition) is 4. The van der Waals surface area contributed by atoms with Crippen molar-refractivity contribution in [1.82, 2.24) is 24.9 Å². The molecule has 1 amide bonds. The molecule has 1 N–H and O–H groups in total. The summed E-state index contributed by atoms with van der Waals surface area (Å²) in [6.07, 6.45) is 8.95. The smallest absolute Gasteiger partial charge is 0.410 e. The molecule has 2 aromatic rings. The minimum atomic E-state index is -0.446. The van der Waals surface area contributed by atoms with E-state index < -0.39 is 5.60 Å². The minimum absolute atomic E-state index is 0.229. The van der Waals surface area contributed by atoms with Gasteiger partial charge in [0.1, 0.15) is 5.60 Å². The standard InChI is InChI=1S/C13H20BrN3O2.C3H3BrN2/c1-13(2,3)19-12(18)16-6-4-5-11(9-16)17-8-10(14)7-15-17;4-3-1-5-6-2-3/h7-8,11H,4-6,9H2,1-3H3;1-2H,(H,5,6). The second-order valence-corrected chi connectivity index (χ2v) is 8.61. The summed E-state index contributed by atoms with van der Waals surface area (Å²) >= 11 is 6.58. The number of carbonyl (C=O) groups excluding carboxylic acids is 1. The van der Waals surface area contributed by atoms with E-state index in [4.69, 9.17) is 4.74 Å². The van der Waals surface area contributed by atoms with E-state index in [2.05, 4.69) is 47.2 Å². The Morgan fingerprint density at radius 1 is 1.32 bits per heavy atom. The van der Waals surface area contributed by atoms with Crippen molar-refractivity contribution >= 4 is 38.0 Å². The van der Waals surface area contributed by atoms with Crippen molar-refractivity contribution in [2.24, 2.45) is 0 Å². The number of aromatic amines is 1. The largest absolute Gasteiger partial charge is 0.444 e. The van der Waals surface area contributed by atoms with Crippen LogP contribution in [0.5, 0.6) is 0 Å². The van der Waals surface area contributed by atoms with E-state index in [0.29, 0.717) is 6.54 Å². The molecule has 0 radical (unpaired) electrons. The molecule has 138 valence electrons. The predicted octanol–water partition coefficient (Wildman–Crippen LogP) is 4.39. The molecule has 3 heterocycles. The van der Waals surface area contributed by atoms with E-state index in [9.17, 15) is 4.79 Å². The van der Waals surface area contributed by atoms with E-state index >= 15 is 0 Å². The van der Waals surface area contributed by atoms with Gasteiger partial charge in [-0.2, -0.15) is 10.2 Å². The van der Waals surface area contributed by atoms with Gasteiger partial charge in [-0.05, 0) is 65.5 Å². The van der Waals surface area contributed by atoms with E-state index in [1.165, 1.54) is 0 Å². The summed E-state index contributed by atoms with van der Waals surface area (Å²) in [5.74, 6) is 0. The van der Waals surface area contributed by atoms with Crippen LogP contribution in [0.3, 0.4) is 0 Å². The first-order valence-corrected chi connectivity index (χ1v) is 9.65. The Morgan fingerprint density at radius 3 is 2.56 bits per heavy atom. The summed E-state index contributed by atoms with van der Waals surface area (Å²) in [6.45, 7) is 7.07. The number of amides is 1. The lowest BCUT2D eigenvalue weighted by Gasteiger charge is -2.34. The molecule has 0 saturated carbocycles. The molecule has 2 aromatic heterocycles. The number of aromatic nitrogens is 4.